The van der Waals surface area contributed by atoms with Crippen molar-refractivity contribution in [2.45, 2.75) is 39.5 Å². The van der Waals surface area contributed by atoms with Gasteiger partial charge in [-0.05, 0) is 25.2 Å². The first-order valence-corrected chi connectivity index (χ1v) is 6.49. The Kier molecular flexibility index (Phi) is 3.20. The summed E-state index contributed by atoms with van der Waals surface area (Å²) in [5.74, 6) is 0.0798. The van der Waals surface area contributed by atoms with Gasteiger partial charge in [0.2, 0.25) is 0 Å². The maximum atomic E-state index is 11.5. The molecule has 0 aromatic carbocycles. The molecule has 2 unspecified atom stereocenters. The summed E-state index contributed by atoms with van der Waals surface area (Å²) in [6, 6.07) is 0. The summed E-state index contributed by atoms with van der Waals surface area (Å²) in [5, 5.41) is 0. The summed E-state index contributed by atoms with van der Waals surface area (Å²) in [5.41, 5.74) is -1.92. The molecule has 1 saturated carbocycles. The Morgan fingerprint density at radius 2 is 2.07 bits per heavy atom. The molecule has 1 aliphatic rings. The van der Waals surface area contributed by atoms with Gasteiger partial charge in [-0.3, -0.25) is 4.79 Å². The molecule has 0 aliphatic heterocycles. The highest BCUT2D eigenvalue weighted by atomic mass is 31.2. The fourth-order valence-electron chi connectivity index (χ4n) is 2.46. The van der Waals surface area contributed by atoms with Gasteiger partial charge >= 0.3 is 0 Å². The van der Waals surface area contributed by atoms with E-state index in [1.54, 1.807) is 6.92 Å². The van der Waals surface area contributed by atoms with Gasteiger partial charge in [0.25, 0.3) is 0 Å². The number of carbonyl (C=O) groups is 1. The van der Waals surface area contributed by atoms with Crippen molar-refractivity contribution in [3.63, 3.8) is 0 Å². The molecule has 0 aromatic heterocycles. The molecule has 1 aliphatic carbocycles. The number of carbonyl (C=O) groups excluding carboxylic acids is 1. The smallest absolute Gasteiger partial charge is 0.169 e. The molecule has 1 fully saturated rings. The molecule has 82 valence electrons. The summed E-state index contributed by atoms with van der Waals surface area (Å²) in [4.78, 5) is 32.9. The monoisotopic (exact) mass is 218 g/mol. The van der Waals surface area contributed by atoms with Crippen LogP contribution >= 0.6 is 7.60 Å². The van der Waals surface area contributed by atoms with Crippen LogP contribution in [-0.4, -0.2) is 5.52 Å². The van der Waals surface area contributed by atoms with Crippen LogP contribution in [0.1, 0.15) is 39.5 Å². The third-order valence-corrected chi connectivity index (χ3v) is 4.46. The van der Waals surface area contributed by atoms with Crippen molar-refractivity contribution >= 4 is 13.1 Å². The molecule has 0 heterocycles. The minimum Gasteiger partial charge on any atom is -0.805 e. The van der Waals surface area contributed by atoms with Gasteiger partial charge in [0.05, 0.1) is 0 Å². The van der Waals surface area contributed by atoms with Gasteiger partial charge in [-0.25, -0.2) is 0 Å². The normalized spacial score (nSPS) is 32.4. The summed E-state index contributed by atoms with van der Waals surface area (Å²) < 4.78 is 10.7. The molecule has 4 nitrogen and oxygen atoms in total. The molecule has 0 saturated heterocycles. The summed E-state index contributed by atoms with van der Waals surface area (Å²) in [6.45, 7) is 3.69. The van der Waals surface area contributed by atoms with Crippen LogP contribution in [0.3, 0.4) is 0 Å². The maximum absolute atomic E-state index is 11.5. The zero-order valence-electron chi connectivity index (χ0n) is 8.49. The number of rotatable bonds is 4. The Morgan fingerprint density at radius 3 is 2.29 bits per heavy atom. The van der Waals surface area contributed by atoms with Crippen LogP contribution in [0.25, 0.3) is 0 Å². The lowest BCUT2D eigenvalue weighted by molar-refractivity contribution is -0.312. The Balaban J connectivity index is 2.92. The van der Waals surface area contributed by atoms with Gasteiger partial charge in [0.1, 0.15) is 0 Å². The largest absolute Gasteiger partial charge is 0.805 e. The number of hydrogen-bond acceptors (Lipinski definition) is 4. The van der Waals surface area contributed by atoms with Gasteiger partial charge < -0.3 is 14.4 Å². The highest BCUT2D eigenvalue weighted by molar-refractivity contribution is 7.67. The molecule has 1 rings (SSSR count). The van der Waals surface area contributed by atoms with Crippen LogP contribution < -0.4 is 9.79 Å². The first kappa shape index (κ1) is 11.9. The van der Waals surface area contributed by atoms with Crippen molar-refractivity contribution in [3.8, 4) is 0 Å². The molecule has 0 radical (unpaired) electrons. The molecule has 0 N–H and O–H groups in total. The van der Waals surface area contributed by atoms with Crippen molar-refractivity contribution in [2.24, 2.45) is 11.3 Å². The Labute approximate surface area is 83.9 Å². The van der Waals surface area contributed by atoms with Gasteiger partial charge in [-0.2, -0.15) is 0 Å². The topological polar surface area (TPSA) is 80.3 Å². The molecular weight excluding hydrogens is 203 g/mol. The zero-order valence-corrected chi connectivity index (χ0v) is 9.38. The first-order valence-electron chi connectivity index (χ1n) is 4.95. The second kappa shape index (κ2) is 3.76. The molecule has 2 atom stereocenters. The van der Waals surface area contributed by atoms with E-state index >= 15 is 0 Å². The van der Waals surface area contributed by atoms with Gasteiger partial charge in [0, 0.05) is 13.0 Å². The van der Waals surface area contributed by atoms with Gasteiger partial charge in [-0.15, -0.1) is 0 Å². The quantitative estimate of drug-likeness (QED) is 0.648. The third kappa shape index (κ3) is 1.67. The third-order valence-electron chi connectivity index (χ3n) is 3.52. The van der Waals surface area contributed by atoms with Crippen molar-refractivity contribution in [1.29, 1.82) is 0 Å². The lowest BCUT2D eigenvalue weighted by atomic mass is 9.58. The standard InChI is InChI=1S/C9H17O4P/c1-3-7-5-6-9(7,4-2)8(10)14(11,12)13/h7H,3-6H2,1-2H3,(H2,11,12,13)/p-2. The van der Waals surface area contributed by atoms with Crippen molar-refractivity contribution in [2.75, 3.05) is 0 Å². The SMILES string of the molecule is CCC1CCC1(CC)C(=O)P(=O)([O-])[O-]. The Hall–Kier alpha value is -0.180. The van der Waals surface area contributed by atoms with Crippen LogP contribution in [0.4, 0.5) is 0 Å². The lowest BCUT2D eigenvalue weighted by Crippen LogP contribution is -2.48. The molecule has 0 spiro atoms. The first-order chi connectivity index (χ1) is 6.38. The van der Waals surface area contributed by atoms with E-state index in [0.29, 0.717) is 12.8 Å². The van der Waals surface area contributed by atoms with Gasteiger partial charge in [-0.1, -0.05) is 20.3 Å². The summed E-state index contributed by atoms with van der Waals surface area (Å²) in [6.07, 6.45) is 2.63. The highest BCUT2D eigenvalue weighted by Crippen LogP contribution is 2.56. The van der Waals surface area contributed by atoms with Crippen LogP contribution in [-0.2, 0) is 9.36 Å². The molecular formula is C9H15O4P-2. The lowest BCUT2D eigenvalue weighted by Gasteiger charge is -2.51. The van der Waals surface area contributed by atoms with Crippen molar-refractivity contribution < 1.29 is 19.1 Å². The summed E-state index contributed by atoms with van der Waals surface area (Å²) in [7, 11) is -5.05. The zero-order chi connectivity index (χ0) is 11.0. The second-order valence-corrected chi connectivity index (χ2v) is 5.36. The van der Waals surface area contributed by atoms with Crippen molar-refractivity contribution in [3.05, 3.63) is 0 Å². The van der Waals surface area contributed by atoms with Crippen molar-refractivity contribution in [1.82, 2.24) is 0 Å². The van der Waals surface area contributed by atoms with Crippen LogP contribution in [0.15, 0.2) is 0 Å². The predicted octanol–water partition coefficient (Wildman–Crippen LogP) is 0.643. The molecule has 5 heteroatoms. The maximum Gasteiger partial charge on any atom is 0.169 e. The number of hydrogen-bond donors (Lipinski definition) is 0. The molecule has 0 aromatic rings. The van der Waals surface area contributed by atoms with E-state index in [2.05, 4.69) is 0 Å². The second-order valence-electron chi connectivity index (χ2n) is 3.96. The van der Waals surface area contributed by atoms with E-state index in [4.69, 9.17) is 0 Å². The fourth-order valence-corrected chi connectivity index (χ4v) is 3.46. The van der Waals surface area contributed by atoms with Crippen LogP contribution in [0.5, 0.6) is 0 Å². The van der Waals surface area contributed by atoms with E-state index in [-0.39, 0.29) is 5.92 Å². The Morgan fingerprint density at radius 1 is 1.50 bits per heavy atom. The van der Waals surface area contributed by atoms with E-state index in [1.807, 2.05) is 6.92 Å². The molecule has 14 heavy (non-hydrogen) atoms. The van der Waals surface area contributed by atoms with Crippen LogP contribution in [0.2, 0.25) is 0 Å². The fraction of sp³-hybridized carbons (Fsp3) is 0.889. The summed E-state index contributed by atoms with van der Waals surface area (Å²) >= 11 is 0. The van der Waals surface area contributed by atoms with E-state index in [1.165, 1.54) is 0 Å². The van der Waals surface area contributed by atoms with E-state index < -0.39 is 18.5 Å². The van der Waals surface area contributed by atoms with E-state index in [0.717, 1.165) is 12.8 Å². The van der Waals surface area contributed by atoms with Gasteiger partial charge in [0.15, 0.2) is 5.52 Å². The average molecular weight is 218 g/mol. The Bertz CT molecular complexity index is 277. The molecule has 0 bridgehead atoms. The highest BCUT2D eigenvalue weighted by Gasteiger charge is 2.50. The molecule has 0 amide bonds. The average Bonchev–Trinajstić information content (AvgIpc) is 2.03. The minimum atomic E-state index is -5.05. The minimum absolute atomic E-state index is 0.0798. The van der Waals surface area contributed by atoms with Crippen LogP contribution in [0, 0.1) is 11.3 Å². The van der Waals surface area contributed by atoms with E-state index in [9.17, 15) is 19.1 Å². The predicted molar refractivity (Wildman–Crippen MR) is 48.4 cm³/mol.